The highest BCUT2D eigenvalue weighted by atomic mass is 35.5. The predicted octanol–water partition coefficient (Wildman–Crippen LogP) is 4.30. The highest BCUT2D eigenvalue weighted by molar-refractivity contribution is 7.80. The van der Waals surface area contributed by atoms with Gasteiger partial charge in [0.05, 0.1) is 6.04 Å². The minimum absolute atomic E-state index is 0.293. The molecule has 0 radical (unpaired) electrons. The summed E-state index contributed by atoms with van der Waals surface area (Å²) in [6.07, 6.45) is 0. The average Bonchev–Trinajstić information content (AvgIpc) is 2.97. The van der Waals surface area contributed by atoms with Crippen molar-refractivity contribution in [3.8, 4) is 0 Å². The molecule has 0 aliphatic carbocycles. The topological polar surface area (TPSA) is 27.3 Å². The molecule has 0 unspecified atom stereocenters. The maximum absolute atomic E-state index is 6.12. The van der Waals surface area contributed by atoms with Gasteiger partial charge in [0.25, 0.3) is 0 Å². The van der Waals surface area contributed by atoms with Crippen molar-refractivity contribution < 1.29 is 0 Å². The van der Waals surface area contributed by atoms with Crippen LogP contribution in [0.1, 0.15) is 16.5 Å². The predicted molar refractivity (Wildman–Crippen MR) is 101 cm³/mol. The maximum atomic E-state index is 6.12. The Kier molecular flexibility index (Phi) is 6.20. The molecule has 22 heavy (non-hydrogen) atoms. The van der Waals surface area contributed by atoms with E-state index in [4.69, 9.17) is 23.8 Å². The third-order valence-corrected chi connectivity index (χ3v) is 5.01. The van der Waals surface area contributed by atoms with E-state index in [-0.39, 0.29) is 0 Å². The second-order valence-corrected chi connectivity index (χ2v) is 7.09. The number of aryl methyl sites for hydroxylation is 1. The molecule has 2 aromatic rings. The van der Waals surface area contributed by atoms with E-state index in [1.165, 1.54) is 4.88 Å². The lowest BCUT2D eigenvalue weighted by atomic mass is 10.2. The van der Waals surface area contributed by atoms with Gasteiger partial charge >= 0.3 is 0 Å². The van der Waals surface area contributed by atoms with Crippen LogP contribution in [0.3, 0.4) is 0 Å². The Morgan fingerprint density at radius 3 is 2.73 bits per heavy atom. The molecule has 3 nitrogen and oxygen atoms in total. The number of likely N-dealkylation sites (N-methyl/N-ethyl adjacent to an activating group) is 1. The second-order valence-electron chi connectivity index (χ2n) is 5.29. The molecule has 0 spiro atoms. The second kappa shape index (κ2) is 7.92. The Morgan fingerprint density at radius 2 is 2.14 bits per heavy atom. The zero-order valence-corrected chi connectivity index (χ0v) is 15.3. The van der Waals surface area contributed by atoms with Gasteiger partial charge in [0.15, 0.2) is 5.11 Å². The summed E-state index contributed by atoms with van der Waals surface area (Å²) in [4.78, 5) is 3.50. The number of rotatable bonds is 5. The number of hydrogen-bond acceptors (Lipinski definition) is 3. The first-order valence-electron chi connectivity index (χ1n) is 6.98. The van der Waals surface area contributed by atoms with E-state index in [0.29, 0.717) is 11.2 Å². The number of benzene rings is 1. The van der Waals surface area contributed by atoms with Gasteiger partial charge in [0, 0.05) is 22.1 Å². The van der Waals surface area contributed by atoms with Gasteiger partial charge in [-0.3, -0.25) is 0 Å². The van der Waals surface area contributed by atoms with E-state index in [1.807, 2.05) is 25.1 Å². The molecule has 0 fully saturated rings. The van der Waals surface area contributed by atoms with Crippen LogP contribution in [-0.4, -0.2) is 30.7 Å². The van der Waals surface area contributed by atoms with Crippen LogP contribution >= 0.6 is 35.2 Å². The molecule has 0 amide bonds. The van der Waals surface area contributed by atoms with Crippen LogP contribution in [0.5, 0.6) is 0 Å². The summed E-state index contributed by atoms with van der Waals surface area (Å²) < 4.78 is 0. The van der Waals surface area contributed by atoms with E-state index in [1.54, 1.807) is 11.3 Å². The number of nitrogens with one attached hydrogen (secondary N) is 2. The molecule has 1 heterocycles. The number of thiophene rings is 1. The summed E-state index contributed by atoms with van der Waals surface area (Å²) in [5.41, 5.74) is 1.95. The molecule has 1 aromatic carbocycles. The third-order valence-electron chi connectivity index (χ3n) is 3.38. The van der Waals surface area contributed by atoms with Gasteiger partial charge in [0.1, 0.15) is 0 Å². The Bertz CT molecular complexity index is 626. The van der Waals surface area contributed by atoms with Crippen molar-refractivity contribution in [3.63, 3.8) is 0 Å². The first-order valence-corrected chi connectivity index (χ1v) is 8.65. The molecule has 2 rings (SSSR count). The largest absolute Gasteiger partial charge is 0.360 e. The first-order chi connectivity index (χ1) is 10.5. The van der Waals surface area contributed by atoms with Crippen LogP contribution in [0.2, 0.25) is 5.02 Å². The molecule has 0 saturated carbocycles. The lowest BCUT2D eigenvalue weighted by Gasteiger charge is -2.24. The summed E-state index contributed by atoms with van der Waals surface area (Å²) in [5.74, 6) is 0. The average molecular weight is 354 g/mol. The smallest absolute Gasteiger partial charge is 0.170 e. The molecule has 2 N–H and O–H groups in total. The number of thiocarbonyl (C=S) groups is 1. The lowest BCUT2D eigenvalue weighted by molar-refractivity contribution is 0.303. The Hall–Kier alpha value is -1.14. The minimum Gasteiger partial charge on any atom is -0.360 e. The molecular formula is C16H20ClN3S2. The third kappa shape index (κ3) is 4.68. The molecule has 0 aliphatic heterocycles. The molecular weight excluding hydrogens is 334 g/mol. The van der Waals surface area contributed by atoms with Gasteiger partial charge in [-0.2, -0.15) is 0 Å². The molecule has 118 valence electrons. The Labute approximate surface area is 146 Å². The molecule has 0 bridgehead atoms. The van der Waals surface area contributed by atoms with Crippen LogP contribution in [0.4, 0.5) is 5.69 Å². The first kappa shape index (κ1) is 17.2. The van der Waals surface area contributed by atoms with Crippen molar-refractivity contribution in [1.29, 1.82) is 0 Å². The van der Waals surface area contributed by atoms with Crippen molar-refractivity contribution >= 4 is 46.0 Å². The summed E-state index contributed by atoms with van der Waals surface area (Å²) in [7, 11) is 4.14. The van der Waals surface area contributed by atoms with Gasteiger partial charge in [0.2, 0.25) is 0 Å². The standard InChI is InChI=1S/C16H20ClN3S2/c1-11-6-7-12(9-13(11)17)19-16(21)18-10-14(20(2)3)15-5-4-8-22-15/h4-9,14H,10H2,1-3H3,(H2,18,19,21)/t14-/m0/s1. The molecule has 6 heteroatoms. The van der Waals surface area contributed by atoms with Crippen molar-refractivity contribution in [1.82, 2.24) is 10.2 Å². The van der Waals surface area contributed by atoms with Crippen molar-refractivity contribution in [2.75, 3.05) is 26.0 Å². The fourth-order valence-corrected chi connectivity index (χ4v) is 3.36. The monoisotopic (exact) mass is 353 g/mol. The van der Waals surface area contributed by atoms with Gasteiger partial charge in [-0.15, -0.1) is 11.3 Å². The number of hydrogen-bond donors (Lipinski definition) is 2. The highest BCUT2D eigenvalue weighted by Gasteiger charge is 2.15. The van der Waals surface area contributed by atoms with Crippen molar-refractivity contribution in [2.45, 2.75) is 13.0 Å². The normalized spacial score (nSPS) is 12.2. The van der Waals surface area contributed by atoms with Gasteiger partial charge in [-0.05, 0) is 62.4 Å². The number of halogens is 1. The van der Waals surface area contributed by atoms with Gasteiger partial charge in [-0.1, -0.05) is 23.7 Å². The van der Waals surface area contributed by atoms with Gasteiger partial charge < -0.3 is 15.5 Å². The summed E-state index contributed by atoms with van der Waals surface area (Å²) >= 11 is 13.2. The molecule has 0 aliphatic rings. The molecule has 0 saturated heterocycles. The highest BCUT2D eigenvalue weighted by Crippen LogP contribution is 2.23. The van der Waals surface area contributed by atoms with Crippen LogP contribution in [0.15, 0.2) is 35.7 Å². The quantitative estimate of drug-likeness (QED) is 0.784. The van der Waals surface area contributed by atoms with E-state index in [2.05, 4.69) is 47.1 Å². The van der Waals surface area contributed by atoms with Crippen LogP contribution in [-0.2, 0) is 0 Å². The van der Waals surface area contributed by atoms with Gasteiger partial charge in [-0.25, -0.2) is 0 Å². The summed E-state index contributed by atoms with van der Waals surface area (Å²) in [5, 5.41) is 9.88. The summed E-state index contributed by atoms with van der Waals surface area (Å²) in [6, 6.07) is 10.3. The summed E-state index contributed by atoms with van der Waals surface area (Å²) in [6.45, 7) is 2.73. The zero-order chi connectivity index (χ0) is 16.1. The minimum atomic E-state index is 0.293. The van der Waals surface area contributed by atoms with Crippen molar-refractivity contribution in [2.24, 2.45) is 0 Å². The Balaban J connectivity index is 1.92. The van der Waals surface area contributed by atoms with E-state index in [9.17, 15) is 0 Å². The lowest BCUT2D eigenvalue weighted by Crippen LogP contribution is -2.36. The van der Waals surface area contributed by atoms with E-state index < -0.39 is 0 Å². The maximum Gasteiger partial charge on any atom is 0.170 e. The molecule has 1 atom stereocenters. The SMILES string of the molecule is Cc1ccc(NC(=S)NC[C@@H](c2cccs2)N(C)C)cc1Cl. The fraction of sp³-hybridized carbons (Fsp3) is 0.312. The fourth-order valence-electron chi connectivity index (χ4n) is 2.05. The van der Waals surface area contributed by atoms with Crippen LogP contribution < -0.4 is 10.6 Å². The zero-order valence-electron chi connectivity index (χ0n) is 12.9. The van der Waals surface area contributed by atoms with Crippen LogP contribution in [0, 0.1) is 6.92 Å². The Morgan fingerprint density at radius 1 is 1.36 bits per heavy atom. The van der Waals surface area contributed by atoms with Crippen molar-refractivity contribution in [3.05, 3.63) is 51.2 Å². The van der Waals surface area contributed by atoms with E-state index >= 15 is 0 Å². The van der Waals surface area contributed by atoms with Crippen LogP contribution in [0.25, 0.3) is 0 Å². The number of nitrogens with zero attached hydrogens (tertiary/aromatic N) is 1. The number of anilines is 1. The van der Waals surface area contributed by atoms with E-state index in [0.717, 1.165) is 22.8 Å². The molecule has 1 aromatic heterocycles.